The molecule has 0 aliphatic heterocycles. The zero-order chi connectivity index (χ0) is 20.3. The SMILES string of the molecule is CCOC(=O)C(C)=C(CCCN)c1cccc2c1C(=O)c1ccccc1C2=O. The van der Waals surface area contributed by atoms with Crippen molar-refractivity contribution in [1.29, 1.82) is 0 Å². The zero-order valence-electron chi connectivity index (χ0n) is 16.1. The van der Waals surface area contributed by atoms with Crippen LogP contribution < -0.4 is 5.73 Å². The summed E-state index contributed by atoms with van der Waals surface area (Å²) in [7, 11) is 0. The van der Waals surface area contributed by atoms with Gasteiger partial charge >= 0.3 is 5.97 Å². The average Bonchev–Trinajstić information content (AvgIpc) is 2.72. The van der Waals surface area contributed by atoms with Crippen molar-refractivity contribution in [2.24, 2.45) is 5.73 Å². The summed E-state index contributed by atoms with van der Waals surface area (Å²) in [5, 5.41) is 0. The maximum absolute atomic E-state index is 13.3. The molecule has 0 amide bonds. The van der Waals surface area contributed by atoms with Crippen molar-refractivity contribution in [3.05, 3.63) is 75.9 Å². The smallest absolute Gasteiger partial charge is 0.333 e. The number of hydrogen-bond acceptors (Lipinski definition) is 5. The van der Waals surface area contributed by atoms with Crippen molar-refractivity contribution in [1.82, 2.24) is 0 Å². The molecule has 144 valence electrons. The van der Waals surface area contributed by atoms with Gasteiger partial charge < -0.3 is 10.5 Å². The first-order valence-corrected chi connectivity index (χ1v) is 9.40. The van der Waals surface area contributed by atoms with Gasteiger partial charge in [-0.2, -0.15) is 0 Å². The number of benzene rings is 2. The van der Waals surface area contributed by atoms with Gasteiger partial charge in [0, 0.05) is 27.8 Å². The number of fused-ring (bicyclic) bond motifs is 2. The number of esters is 1. The molecule has 2 aromatic carbocycles. The van der Waals surface area contributed by atoms with Gasteiger partial charge in [0.2, 0.25) is 0 Å². The predicted octanol–water partition coefficient (Wildman–Crippen LogP) is 3.54. The zero-order valence-corrected chi connectivity index (χ0v) is 16.1. The van der Waals surface area contributed by atoms with Gasteiger partial charge in [0.05, 0.1) is 6.61 Å². The lowest BCUT2D eigenvalue weighted by molar-refractivity contribution is -0.138. The van der Waals surface area contributed by atoms with Crippen molar-refractivity contribution in [2.75, 3.05) is 13.2 Å². The Bertz CT molecular complexity index is 988. The van der Waals surface area contributed by atoms with Crippen molar-refractivity contribution in [3.63, 3.8) is 0 Å². The van der Waals surface area contributed by atoms with E-state index in [4.69, 9.17) is 10.5 Å². The second-order valence-electron chi connectivity index (χ2n) is 6.65. The Hall–Kier alpha value is -3.05. The number of allylic oxidation sites excluding steroid dienone is 1. The molecule has 0 heterocycles. The fraction of sp³-hybridized carbons (Fsp3) is 0.261. The first kappa shape index (κ1) is 19.7. The summed E-state index contributed by atoms with van der Waals surface area (Å²) in [4.78, 5) is 38.6. The lowest BCUT2D eigenvalue weighted by Crippen LogP contribution is -2.23. The van der Waals surface area contributed by atoms with E-state index in [1.54, 1.807) is 56.3 Å². The summed E-state index contributed by atoms with van der Waals surface area (Å²) in [6.07, 6.45) is 1.16. The second-order valence-corrected chi connectivity index (χ2v) is 6.65. The highest BCUT2D eigenvalue weighted by atomic mass is 16.5. The molecule has 0 radical (unpaired) electrons. The minimum absolute atomic E-state index is 0.181. The number of carbonyl (C=O) groups is 3. The highest BCUT2D eigenvalue weighted by Gasteiger charge is 2.32. The van der Waals surface area contributed by atoms with Crippen molar-refractivity contribution in [2.45, 2.75) is 26.7 Å². The lowest BCUT2D eigenvalue weighted by atomic mass is 9.79. The maximum Gasteiger partial charge on any atom is 0.333 e. The molecule has 0 aromatic heterocycles. The summed E-state index contributed by atoms with van der Waals surface area (Å²) in [5.74, 6) is -0.816. The third-order valence-corrected chi connectivity index (χ3v) is 4.94. The van der Waals surface area contributed by atoms with Crippen molar-refractivity contribution < 1.29 is 19.1 Å². The summed E-state index contributed by atoms with van der Waals surface area (Å²) in [6.45, 7) is 4.14. The molecule has 5 heteroatoms. The highest BCUT2D eigenvalue weighted by molar-refractivity contribution is 6.29. The van der Waals surface area contributed by atoms with Crippen LogP contribution in [0.4, 0.5) is 0 Å². The van der Waals surface area contributed by atoms with E-state index < -0.39 is 5.97 Å². The Morgan fingerprint density at radius 1 is 0.964 bits per heavy atom. The molecule has 0 fully saturated rings. The van der Waals surface area contributed by atoms with Gasteiger partial charge in [-0.25, -0.2) is 4.79 Å². The molecule has 1 aliphatic rings. The normalized spacial score (nSPS) is 13.5. The summed E-state index contributed by atoms with van der Waals surface area (Å²) < 4.78 is 5.15. The number of rotatable bonds is 6. The first-order valence-electron chi connectivity index (χ1n) is 9.40. The summed E-state index contributed by atoms with van der Waals surface area (Å²) >= 11 is 0. The van der Waals surface area contributed by atoms with Crippen LogP contribution in [0.25, 0.3) is 5.57 Å². The third-order valence-electron chi connectivity index (χ3n) is 4.94. The van der Waals surface area contributed by atoms with E-state index in [2.05, 4.69) is 0 Å². The largest absolute Gasteiger partial charge is 0.463 e. The topological polar surface area (TPSA) is 86.5 Å². The van der Waals surface area contributed by atoms with E-state index in [0.29, 0.717) is 58.3 Å². The number of carbonyl (C=O) groups excluding carboxylic acids is 3. The molecule has 0 bridgehead atoms. The highest BCUT2D eigenvalue weighted by Crippen LogP contribution is 2.35. The van der Waals surface area contributed by atoms with Crippen LogP contribution >= 0.6 is 0 Å². The Kier molecular flexibility index (Phi) is 5.85. The van der Waals surface area contributed by atoms with E-state index in [9.17, 15) is 14.4 Å². The van der Waals surface area contributed by atoms with E-state index in [1.807, 2.05) is 0 Å². The van der Waals surface area contributed by atoms with Crippen LogP contribution in [0.15, 0.2) is 48.0 Å². The van der Waals surface area contributed by atoms with Crippen LogP contribution in [0.5, 0.6) is 0 Å². The lowest BCUT2D eigenvalue weighted by Gasteiger charge is -2.22. The van der Waals surface area contributed by atoms with Crippen LogP contribution in [-0.4, -0.2) is 30.7 Å². The quantitative estimate of drug-likeness (QED) is 0.524. The van der Waals surface area contributed by atoms with Gasteiger partial charge in [0.25, 0.3) is 0 Å². The molecule has 0 unspecified atom stereocenters. The fourth-order valence-corrected chi connectivity index (χ4v) is 3.56. The Morgan fingerprint density at radius 3 is 2.25 bits per heavy atom. The molecule has 28 heavy (non-hydrogen) atoms. The Labute approximate surface area is 164 Å². The summed E-state index contributed by atoms with van der Waals surface area (Å²) in [5.41, 5.74) is 8.92. The van der Waals surface area contributed by atoms with Gasteiger partial charge in [0.1, 0.15) is 0 Å². The monoisotopic (exact) mass is 377 g/mol. The Morgan fingerprint density at radius 2 is 1.61 bits per heavy atom. The van der Waals surface area contributed by atoms with Gasteiger partial charge in [-0.05, 0) is 44.4 Å². The van der Waals surface area contributed by atoms with E-state index in [1.165, 1.54) is 0 Å². The van der Waals surface area contributed by atoms with Crippen LogP contribution in [0.2, 0.25) is 0 Å². The molecule has 0 saturated heterocycles. The van der Waals surface area contributed by atoms with E-state index in [-0.39, 0.29) is 18.2 Å². The maximum atomic E-state index is 13.3. The minimum atomic E-state index is -0.429. The number of ketones is 2. The molecular weight excluding hydrogens is 354 g/mol. The molecule has 0 spiro atoms. The van der Waals surface area contributed by atoms with Crippen molar-refractivity contribution >= 4 is 23.1 Å². The van der Waals surface area contributed by atoms with E-state index >= 15 is 0 Å². The second kappa shape index (κ2) is 8.31. The third kappa shape index (κ3) is 3.41. The first-order chi connectivity index (χ1) is 13.5. The fourth-order valence-electron chi connectivity index (χ4n) is 3.56. The van der Waals surface area contributed by atoms with Gasteiger partial charge in [0.15, 0.2) is 11.6 Å². The molecule has 1 aliphatic carbocycles. The molecule has 0 atom stereocenters. The van der Waals surface area contributed by atoms with Crippen LogP contribution in [-0.2, 0) is 9.53 Å². The molecular formula is C23H23NO4. The van der Waals surface area contributed by atoms with Gasteiger partial charge in [-0.1, -0.05) is 42.5 Å². The van der Waals surface area contributed by atoms with Crippen molar-refractivity contribution in [3.8, 4) is 0 Å². The van der Waals surface area contributed by atoms with Crippen LogP contribution in [0, 0.1) is 0 Å². The number of nitrogens with two attached hydrogens (primary N) is 1. The number of ether oxygens (including phenoxy) is 1. The standard InChI is InChI=1S/C23H23NO4/c1-3-28-23(27)14(2)15(12-7-13-24)16-10-6-11-19-20(16)22(26)18-9-5-4-8-17(18)21(19)25/h4-6,8-11H,3,7,12-13,24H2,1-2H3. The molecule has 2 N–H and O–H groups in total. The molecule has 3 rings (SSSR count). The number of hydrogen-bond donors (Lipinski definition) is 1. The predicted molar refractivity (Wildman–Crippen MR) is 107 cm³/mol. The minimum Gasteiger partial charge on any atom is -0.463 e. The molecule has 0 saturated carbocycles. The molecule has 2 aromatic rings. The average molecular weight is 377 g/mol. The van der Waals surface area contributed by atoms with E-state index in [0.717, 1.165) is 0 Å². The summed E-state index contributed by atoms with van der Waals surface area (Å²) in [6, 6.07) is 12.0. The van der Waals surface area contributed by atoms with Gasteiger partial charge in [-0.3, -0.25) is 9.59 Å². The van der Waals surface area contributed by atoms with Crippen LogP contribution in [0.1, 0.15) is 64.1 Å². The van der Waals surface area contributed by atoms with Gasteiger partial charge in [-0.15, -0.1) is 0 Å². The van der Waals surface area contributed by atoms with Crippen LogP contribution in [0.3, 0.4) is 0 Å². The molecule has 5 nitrogen and oxygen atoms in total. The Balaban J connectivity index is 2.22.